The summed E-state index contributed by atoms with van der Waals surface area (Å²) in [6, 6.07) is 0.858. The van der Waals surface area contributed by atoms with Crippen molar-refractivity contribution >= 4 is 8.56 Å². The fraction of sp³-hybridized carbons (Fsp3) is 1.00. The lowest BCUT2D eigenvalue weighted by Crippen LogP contribution is -2.44. The lowest BCUT2D eigenvalue weighted by atomic mass is 10.6. The Bertz CT molecular complexity index is 74.8. The van der Waals surface area contributed by atoms with E-state index in [9.17, 15) is 0 Å². The lowest BCUT2D eigenvalue weighted by Gasteiger charge is -2.23. The van der Waals surface area contributed by atoms with Crippen molar-refractivity contribution in [2.24, 2.45) is 0 Å². The van der Waals surface area contributed by atoms with Crippen LogP contribution in [0.25, 0.3) is 0 Å². The number of hydrogen-bond donors (Lipinski definition) is 1. The zero-order valence-electron chi connectivity index (χ0n) is 6.89. The van der Waals surface area contributed by atoms with Crippen LogP contribution in [-0.4, -0.2) is 34.1 Å². The highest BCUT2D eigenvalue weighted by Gasteiger charge is 2.33. The van der Waals surface area contributed by atoms with Crippen molar-refractivity contribution in [1.82, 2.24) is 0 Å². The van der Waals surface area contributed by atoms with Crippen LogP contribution in [0.1, 0.15) is 13.3 Å². The van der Waals surface area contributed by atoms with Gasteiger partial charge in [0, 0.05) is 14.2 Å². The first-order valence-corrected chi connectivity index (χ1v) is 5.69. The van der Waals surface area contributed by atoms with Gasteiger partial charge in [-0.05, 0) is 6.04 Å². The van der Waals surface area contributed by atoms with E-state index in [1.165, 1.54) is 0 Å². The molecule has 0 aromatic heterocycles. The predicted molar refractivity (Wildman–Crippen MR) is 42.0 cm³/mol. The van der Waals surface area contributed by atoms with Gasteiger partial charge >= 0.3 is 8.56 Å². The molecule has 0 saturated heterocycles. The summed E-state index contributed by atoms with van der Waals surface area (Å²) in [5, 5.41) is 8.92. The summed E-state index contributed by atoms with van der Waals surface area (Å²) in [6.07, 6.45) is 1.04. The largest absolute Gasteiger partial charge is 0.396 e. The molecule has 1 N–H and O–H groups in total. The van der Waals surface area contributed by atoms with Crippen molar-refractivity contribution in [1.29, 1.82) is 0 Å². The number of rotatable bonds is 5. The first kappa shape index (κ1) is 10.1. The van der Waals surface area contributed by atoms with E-state index in [0.717, 1.165) is 12.5 Å². The van der Waals surface area contributed by atoms with Gasteiger partial charge in [-0.2, -0.15) is 0 Å². The lowest BCUT2D eigenvalue weighted by molar-refractivity contribution is 0.196. The van der Waals surface area contributed by atoms with Gasteiger partial charge in [0.15, 0.2) is 0 Å². The highest BCUT2D eigenvalue weighted by molar-refractivity contribution is 6.67. The van der Waals surface area contributed by atoms with E-state index in [2.05, 4.69) is 6.92 Å². The topological polar surface area (TPSA) is 38.7 Å². The minimum atomic E-state index is -2.16. The van der Waals surface area contributed by atoms with E-state index >= 15 is 0 Å². The molecule has 10 heavy (non-hydrogen) atoms. The molecular formula is C6H16O3Si. The summed E-state index contributed by atoms with van der Waals surface area (Å²) in [5.74, 6) is 0. The third-order valence-electron chi connectivity index (χ3n) is 1.62. The maximum atomic E-state index is 8.92. The Hall–Kier alpha value is 0.0969. The van der Waals surface area contributed by atoms with Crippen LogP contribution in [0.4, 0.5) is 0 Å². The Labute approximate surface area is 63.2 Å². The molecule has 0 amide bonds. The van der Waals surface area contributed by atoms with Crippen molar-refractivity contribution in [2.45, 2.75) is 19.4 Å². The standard InChI is InChI=1S/C6H16O3Si/c1-4-5-10(6-7,8-2)9-3/h7H,4-6H2,1-3H3. The average molecular weight is 164 g/mol. The number of aliphatic hydroxyl groups excluding tert-OH is 1. The zero-order chi connectivity index (χ0) is 8.04. The van der Waals surface area contributed by atoms with Crippen LogP contribution in [0.2, 0.25) is 6.04 Å². The van der Waals surface area contributed by atoms with Crippen molar-refractivity contribution in [3.05, 3.63) is 0 Å². The molecule has 0 radical (unpaired) electrons. The Balaban J connectivity index is 3.87. The highest BCUT2D eigenvalue weighted by Crippen LogP contribution is 2.12. The zero-order valence-corrected chi connectivity index (χ0v) is 7.89. The third-order valence-corrected chi connectivity index (χ3v) is 4.85. The first-order chi connectivity index (χ1) is 4.74. The van der Waals surface area contributed by atoms with E-state index < -0.39 is 8.56 Å². The summed E-state index contributed by atoms with van der Waals surface area (Å²) in [5.41, 5.74) is 0. The molecule has 0 aliphatic carbocycles. The Kier molecular flexibility index (Phi) is 4.89. The van der Waals surface area contributed by atoms with Crippen LogP contribution in [0.15, 0.2) is 0 Å². The second kappa shape index (κ2) is 4.84. The van der Waals surface area contributed by atoms with Crippen LogP contribution < -0.4 is 0 Å². The van der Waals surface area contributed by atoms with Crippen LogP contribution in [-0.2, 0) is 8.85 Å². The van der Waals surface area contributed by atoms with Crippen LogP contribution in [0, 0.1) is 0 Å². The summed E-state index contributed by atoms with van der Waals surface area (Å²) < 4.78 is 10.3. The molecule has 4 heteroatoms. The minimum absolute atomic E-state index is 0.0494. The molecule has 0 aromatic carbocycles. The van der Waals surface area contributed by atoms with E-state index in [4.69, 9.17) is 14.0 Å². The summed E-state index contributed by atoms with van der Waals surface area (Å²) in [4.78, 5) is 0. The molecule has 0 saturated carbocycles. The van der Waals surface area contributed by atoms with Gasteiger partial charge in [0.1, 0.15) is 0 Å². The van der Waals surface area contributed by atoms with E-state index in [1.54, 1.807) is 14.2 Å². The molecule has 0 spiro atoms. The van der Waals surface area contributed by atoms with Gasteiger partial charge in [-0.3, -0.25) is 0 Å². The molecule has 0 bridgehead atoms. The van der Waals surface area contributed by atoms with Crippen LogP contribution in [0.5, 0.6) is 0 Å². The fourth-order valence-electron chi connectivity index (χ4n) is 0.877. The monoisotopic (exact) mass is 164 g/mol. The van der Waals surface area contributed by atoms with Crippen LogP contribution in [0.3, 0.4) is 0 Å². The van der Waals surface area contributed by atoms with E-state index in [0.29, 0.717) is 0 Å². The fourth-order valence-corrected chi connectivity index (χ4v) is 2.63. The first-order valence-electron chi connectivity index (χ1n) is 3.46. The molecule has 62 valence electrons. The van der Waals surface area contributed by atoms with Gasteiger partial charge < -0.3 is 14.0 Å². The van der Waals surface area contributed by atoms with Gasteiger partial charge in [0.2, 0.25) is 0 Å². The Morgan fingerprint density at radius 2 is 1.80 bits per heavy atom. The van der Waals surface area contributed by atoms with Crippen molar-refractivity contribution in [3.63, 3.8) is 0 Å². The normalized spacial score (nSPS) is 12.0. The predicted octanol–water partition coefficient (Wildman–Crippen LogP) is 0.663. The second-order valence-electron chi connectivity index (χ2n) is 2.23. The van der Waals surface area contributed by atoms with Gasteiger partial charge in [-0.15, -0.1) is 0 Å². The summed E-state index contributed by atoms with van der Waals surface area (Å²) in [7, 11) is 1.04. The highest BCUT2D eigenvalue weighted by atomic mass is 28.4. The molecule has 0 rings (SSSR count). The Morgan fingerprint density at radius 1 is 1.30 bits per heavy atom. The summed E-state index contributed by atoms with van der Waals surface area (Å²) >= 11 is 0. The number of hydrogen-bond acceptors (Lipinski definition) is 3. The number of aliphatic hydroxyl groups is 1. The molecule has 0 aromatic rings. The SMILES string of the molecule is CCC[Si](CO)(OC)OC. The molecule has 0 aliphatic rings. The minimum Gasteiger partial charge on any atom is -0.396 e. The van der Waals surface area contributed by atoms with Gasteiger partial charge in [0.25, 0.3) is 0 Å². The van der Waals surface area contributed by atoms with Crippen molar-refractivity contribution < 1.29 is 14.0 Å². The molecule has 0 unspecified atom stereocenters. The van der Waals surface area contributed by atoms with Crippen molar-refractivity contribution in [2.75, 3.05) is 20.4 Å². The van der Waals surface area contributed by atoms with Crippen LogP contribution >= 0.6 is 0 Å². The second-order valence-corrected chi connectivity index (χ2v) is 5.68. The van der Waals surface area contributed by atoms with E-state index in [-0.39, 0.29) is 6.23 Å². The maximum Gasteiger partial charge on any atom is 0.363 e. The molecular weight excluding hydrogens is 148 g/mol. The average Bonchev–Trinajstić information content (AvgIpc) is 2.01. The molecule has 0 atom stereocenters. The molecule has 0 fully saturated rings. The molecule has 0 heterocycles. The smallest absolute Gasteiger partial charge is 0.363 e. The van der Waals surface area contributed by atoms with Crippen molar-refractivity contribution in [3.8, 4) is 0 Å². The van der Waals surface area contributed by atoms with E-state index in [1.807, 2.05) is 0 Å². The third kappa shape index (κ3) is 2.38. The quantitative estimate of drug-likeness (QED) is 0.607. The summed E-state index contributed by atoms with van der Waals surface area (Å²) in [6.45, 7) is 2.05. The van der Waals surface area contributed by atoms with Gasteiger partial charge in [0.05, 0.1) is 6.23 Å². The molecule has 0 aliphatic heterocycles. The van der Waals surface area contributed by atoms with Gasteiger partial charge in [-0.1, -0.05) is 13.3 Å². The molecule has 3 nitrogen and oxygen atoms in total. The Morgan fingerprint density at radius 3 is 1.90 bits per heavy atom. The van der Waals surface area contributed by atoms with Gasteiger partial charge in [-0.25, -0.2) is 0 Å². The maximum absolute atomic E-state index is 8.92.